The molecule has 0 aliphatic rings. The third-order valence-corrected chi connectivity index (χ3v) is 4.87. The van der Waals surface area contributed by atoms with Crippen LogP contribution in [0.25, 0.3) is 11.3 Å². The third-order valence-electron chi connectivity index (χ3n) is 2.55. The van der Waals surface area contributed by atoms with Crippen molar-refractivity contribution in [2.75, 3.05) is 0 Å². The van der Waals surface area contributed by atoms with Crippen molar-refractivity contribution in [1.82, 2.24) is 9.97 Å². The zero-order chi connectivity index (χ0) is 15.1. The Hall–Kier alpha value is -1.09. The molecule has 2 N–H and O–H groups in total. The van der Waals surface area contributed by atoms with Crippen LogP contribution < -0.4 is 5.14 Å². The predicted octanol–water partition coefficient (Wildman–Crippen LogP) is 2.65. The van der Waals surface area contributed by atoms with Crippen LogP contribution in [0.4, 0.5) is 4.39 Å². The molecule has 0 fully saturated rings. The van der Waals surface area contributed by atoms with Crippen LogP contribution in [0, 0.1) is 12.7 Å². The fraction of sp³-hybridized carbons (Fsp3) is 0.0909. The number of hydrogen-bond donors (Lipinski definition) is 1. The summed E-state index contributed by atoms with van der Waals surface area (Å²) in [7, 11) is -4.06. The largest absolute Gasteiger partial charge is 0.240 e. The Kier molecular flexibility index (Phi) is 4.10. The van der Waals surface area contributed by atoms with Crippen LogP contribution in [0.1, 0.15) is 5.69 Å². The summed E-state index contributed by atoms with van der Waals surface area (Å²) in [5, 5.41) is 4.76. The molecule has 0 aliphatic carbocycles. The first kappa shape index (κ1) is 15.3. The summed E-state index contributed by atoms with van der Waals surface area (Å²) in [5.41, 5.74) is 0.772. The van der Waals surface area contributed by atoms with Crippen molar-refractivity contribution in [3.05, 3.63) is 39.5 Å². The molecular formula is C11H8BrClFN3O2S. The van der Waals surface area contributed by atoms with Gasteiger partial charge in [0.25, 0.3) is 0 Å². The summed E-state index contributed by atoms with van der Waals surface area (Å²) in [6.07, 6.45) is 1.25. The van der Waals surface area contributed by atoms with E-state index in [1.807, 2.05) is 0 Å². The molecule has 1 heterocycles. The van der Waals surface area contributed by atoms with Crippen molar-refractivity contribution >= 4 is 37.6 Å². The number of hydrogen-bond acceptors (Lipinski definition) is 4. The number of rotatable bonds is 2. The van der Waals surface area contributed by atoms with Crippen molar-refractivity contribution in [1.29, 1.82) is 0 Å². The van der Waals surface area contributed by atoms with E-state index in [9.17, 15) is 12.8 Å². The lowest BCUT2D eigenvalue weighted by Gasteiger charge is -2.09. The van der Waals surface area contributed by atoms with Gasteiger partial charge in [-0.1, -0.05) is 11.6 Å². The summed E-state index contributed by atoms with van der Waals surface area (Å²) in [6.45, 7) is 1.70. The molecule has 0 aliphatic heterocycles. The molecule has 2 aromatic rings. The fourth-order valence-corrected chi connectivity index (χ4v) is 3.08. The Morgan fingerprint density at radius 2 is 2.00 bits per heavy atom. The summed E-state index contributed by atoms with van der Waals surface area (Å²) in [4.78, 5) is 7.52. The molecule has 0 saturated carbocycles. The first-order chi connectivity index (χ1) is 9.21. The lowest BCUT2D eigenvalue weighted by atomic mass is 10.1. The second-order valence-electron chi connectivity index (χ2n) is 3.93. The summed E-state index contributed by atoms with van der Waals surface area (Å²) < 4.78 is 37.3. The smallest absolute Gasteiger partial charge is 0.239 e. The van der Waals surface area contributed by atoms with Crippen LogP contribution in [-0.2, 0) is 10.0 Å². The first-order valence-corrected chi connectivity index (χ1v) is 7.93. The van der Waals surface area contributed by atoms with Gasteiger partial charge in [0.2, 0.25) is 10.0 Å². The maximum absolute atomic E-state index is 14.0. The Morgan fingerprint density at radius 1 is 1.35 bits per heavy atom. The van der Waals surface area contributed by atoms with Crippen LogP contribution in [0.2, 0.25) is 5.02 Å². The number of benzene rings is 1. The quantitative estimate of drug-likeness (QED) is 0.868. The van der Waals surface area contributed by atoms with E-state index in [4.69, 9.17) is 16.7 Å². The topological polar surface area (TPSA) is 85.9 Å². The van der Waals surface area contributed by atoms with E-state index in [0.717, 1.165) is 12.1 Å². The molecule has 0 radical (unpaired) electrons. The Bertz CT molecular complexity index is 798. The normalized spacial score (nSPS) is 11.7. The molecular weight excluding hydrogens is 373 g/mol. The first-order valence-electron chi connectivity index (χ1n) is 5.21. The third kappa shape index (κ3) is 2.83. The molecule has 5 nitrogen and oxygen atoms in total. The lowest BCUT2D eigenvalue weighted by Crippen LogP contribution is -2.13. The standard InChI is InChI=1S/C11H8BrClFN3O2S/c1-5-10(12)11(17-4-16-5)6-2-9(20(15,18)19)7(13)3-8(6)14/h2-4H,1H3,(H2,15,18,19). The molecule has 9 heteroatoms. The molecule has 0 atom stereocenters. The van der Waals surface area contributed by atoms with E-state index >= 15 is 0 Å². The monoisotopic (exact) mass is 379 g/mol. The van der Waals surface area contributed by atoms with Gasteiger partial charge in [-0.3, -0.25) is 0 Å². The average molecular weight is 381 g/mol. The minimum atomic E-state index is -4.06. The average Bonchev–Trinajstić information content (AvgIpc) is 2.32. The second kappa shape index (κ2) is 5.36. The molecule has 2 rings (SSSR count). The summed E-state index contributed by atoms with van der Waals surface area (Å²) in [6, 6.07) is 1.94. The van der Waals surface area contributed by atoms with Gasteiger partial charge in [0.1, 0.15) is 17.0 Å². The van der Waals surface area contributed by atoms with Crippen LogP contribution in [0.3, 0.4) is 0 Å². The van der Waals surface area contributed by atoms with Crippen molar-refractivity contribution < 1.29 is 12.8 Å². The number of halogens is 3. The van der Waals surface area contributed by atoms with Gasteiger partial charge >= 0.3 is 0 Å². The molecule has 20 heavy (non-hydrogen) atoms. The molecule has 0 spiro atoms. The van der Waals surface area contributed by atoms with Crippen LogP contribution in [0.5, 0.6) is 0 Å². The van der Waals surface area contributed by atoms with Crippen molar-refractivity contribution in [2.24, 2.45) is 5.14 Å². The Balaban J connectivity index is 2.79. The molecule has 0 amide bonds. The van der Waals surface area contributed by atoms with E-state index in [2.05, 4.69) is 25.9 Å². The molecule has 0 bridgehead atoms. The highest BCUT2D eigenvalue weighted by Gasteiger charge is 2.20. The summed E-state index contributed by atoms with van der Waals surface area (Å²) >= 11 is 8.94. The minimum Gasteiger partial charge on any atom is -0.240 e. The van der Waals surface area contributed by atoms with E-state index in [-0.39, 0.29) is 21.2 Å². The van der Waals surface area contributed by atoms with Gasteiger partial charge < -0.3 is 0 Å². The number of nitrogens with two attached hydrogens (primary N) is 1. The highest BCUT2D eigenvalue weighted by Crippen LogP contribution is 2.33. The fourth-order valence-electron chi connectivity index (χ4n) is 1.57. The SMILES string of the molecule is Cc1ncnc(-c2cc(S(N)(=O)=O)c(Cl)cc2F)c1Br. The predicted molar refractivity (Wildman–Crippen MR) is 76.2 cm³/mol. The Morgan fingerprint density at radius 3 is 2.60 bits per heavy atom. The van der Waals surface area contributed by atoms with E-state index < -0.39 is 15.8 Å². The molecule has 0 saturated heterocycles. The zero-order valence-electron chi connectivity index (χ0n) is 10.1. The minimum absolute atomic E-state index is 0.0317. The van der Waals surface area contributed by atoms with Crippen molar-refractivity contribution in [3.8, 4) is 11.3 Å². The van der Waals surface area contributed by atoms with E-state index in [1.165, 1.54) is 6.33 Å². The van der Waals surface area contributed by atoms with Gasteiger partial charge in [0.05, 0.1) is 20.9 Å². The second-order valence-corrected chi connectivity index (χ2v) is 6.66. The maximum atomic E-state index is 14.0. The van der Waals surface area contributed by atoms with Gasteiger partial charge in [0, 0.05) is 5.56 Å². The van der Waals surface area contributed by atoms with Gasteiger partial charge in [-0.15, -0.1) is 0 Å². The van der Waals surface area contributed by atoms with Gasteiger partial charge in [-0.05, 0) is 35.0 Å². The molecule has 1 aromatic carbocycles. The summed E-state index contributed by atoms with van der Waals surface area (Å²) in [5.74, 6) is -0.707. The maximum Gasteiger partial charge on any atom is 0.239 e. The van der Waals surface area contributed by atoms with Gasteiger partial charge in [-0.25, -0.2) is 27.9 Å². The number of aryl methyl sites for hydroxylation is 1. The van der Waals surface area contributed by atoms with E-state index in [0.29, 0.717) is 10.2 Å². The molecule has 0 unspecified atom stereocenters. The van der Waals surface area contributed by atoms with Crippen LogP contribution >= 0.6 is 27.5 Å². The van der Waals surface area contributed by atoms with Crippen molar-refractivity contribution in [3.63, 3.8) is 0 Å². The number of aromatic nitrogens is 2. The zero-order valence-corrected chi connectivity index (χ0v) is 13.2. The highest BCUT2D eigenvalue weighted by atomic mass is 79.9. The lowest BCUT2D eigenvalue weighted by molar-refractivity contribution is 0.596. The van der Waals surface area contributed by atoms with E-state index in [1.54, 1.807) is 6.92 Å². The van der Waals surface area contributed by atoms with Crippen LogP contribution in [0.15, 0.2) is 27.8 Å². The van der Waals surface area contributed by atoms with Gasteiger partial charge in [0.15, 0.2) is 0 Å². The Labute approximate surface area is 128 Å². The van der Waals surface area contributed by atoms with Crippen molar-refractivity contribution in [2.45, 2.75) is 11.8 Å². The molecule has 1 aromatic heterocycles. The van der Waals surface area contributed by atoms with Gasteiger partial charge in [-0.2, -0.15) is 0 Å². The van der Waals surface area contributed by atoms with Crippen LogP contribution in [-0.4, -0.2) is 18.4 Å². The molecule has 106 valence electrons. The number of primary sulfonamides is 1. The highest BCUT2D eigenvalue weighted by molar-refractivity contribution is 9.10. The number of sulfonamides is 1. The number of nitrogens with zero attached hydrogens (tertiary/aromatic N) is 2.